The summed E-state index contributed by atoms with van der Waals surface area (Å²) in [5.74, 6) is 4.72. The molecule has 0 spiro atoms. The second kappa shape index (κ2) is 13.3. The van der Waals surface area contributed by atoms with Crippen molar-refractivity contribution in [2.75, 3.05) is 11.1 Å². The zero-order chi connectivity index (χ0) is 30.3. The van der Waals surface area contributed by atoms with Crippen molar-refractivity contribution in [3.8, 4) is 11.8 Å². The van der Waals surface area contributed by atoms with Crippen molar-refractivity contribution in [3.63, 3.8) is 0 Å². The van der Waals surface area contributed by atoms with Crippen LogP contribution in [0.1, 0.15) is 77.9 Å². The molecule has 0 aliphatic carbocycles. The van der Waals surface area contributed by atoms with E-state index >= 15 is 0 Å². The molecule has 1 amide bonds. The number of nitrogens with one attached hydrogen (secondary N) is 1. The number of aryl methyl sites for hydroxylation is 2. The lowest BCUT2D eigenvalue weighted by Gasteiger charge is -2.15. The highest BCUT2D eigenvalue weighted by molar-refractivity contribution is 6.05. The van der Waals surface area contributed by atoms with E-state index in [1.54, 1.807) is 26.0 Å². The molecule has 0 radical (unpaired) electrons. The third-order valence-corrected chi connectivity index (χ3v) is 6.59. The molecule has 0 aliphatic rings. The van der Waals surface area contributed by atoms with Crippen LogP contribution >= 0.6 is 0 Å². The molecule has 0 fully saturated rings. The smallest absolute Gasteiger partial charge is 0.383 e. The number of hydrogen-bond acceptors (Lipinski definition) is 3. The largest absolute Gasteiger partial charge is 0.416 e. The van der Waals surface area contributed by atoms with Crippen LogP contribution in [0.25, 0.3) is 5.57 Å². The highest BCUT2D eigenvalue weighted by Crippen LogP contribution is 2.34. The summed E-state index contributed by atoms with van der Waals surface area (Å²) in [4.78, 5) is 17.3. The minimum atomic E-state index is -4.65. The molecule has 2 aromatic carbocycles. The van der Waals surface area contributed by atoms with E-state index in [4.69, 9.17) is 5.73 Å². The number of nitrogens with zero attached hydrogens (tertiary/aromatic N) is 1. The van der Waals surface area contributed by atoms with Crippen LogP contribution in [0, 0.1) is 30.5 Å². The number of hydrogen-bond donors (Lipinski definition) is 2. The van der Waals surface area contributed by atoms with Gasteiger partial charge in [-0.15, -0.1) is 0 Å². The average Bonchev–Trinajstić information content (AvgIpc) is 2.92. The Morgan fingerprint density at radius 2 is 1.85 bits per heavy atom. The number of nitrogens with two attached hydrogens (primary N) is 1. The maximum atomic E-state index is 14.9. The van der Waals surface area contributed by atoms with Crippen molar-refractivity contribution in [1.29, 1.82) is 0 Å². The minimum Gasteiger partial charge on any atom is -0.383 e. The van der Waals surface area contributed by atoms with Gasteiger partial charge in [-0.2, -0.15) is 13.2 Å². The van der Waals surface area contributed by atoms with Gasteiger partial charge in [-0.1, -0.05) is 57.3 Å². The van der Waals surface area contributed by atoms with Gasteiger partial charge in [0.15, 0.2) is 0 Å². The van der Waals surface area contributed by atoms with Crippen molar-refractivity contribution in [1.82, 2.24) is 4.98 Å². The number of carbonyl (C=O) groups excluding carboxylic acids is 1. The normalized spacial score (nSPS) is 12.7. The summed E-state index contributed by atoms with van der Waals surface area (Å²) < 4.78 is 56.3. The molecule has 0 bridgehead atoms. The van der Waals surface area contributed by atoms with Crippen LogP contribution in [-0.4, -0.2) is 10.9 Å². The van der Waals surface area contributed by atoms with Gasteiger partial charge in [-0.25, -0.2) is 9.37 Å². The van der Waals surface area contributed by atoms with Crippen molar-refractivity contribution in [2.24, 2.45) is 5.92 Å². The summed E-state index contributed by atoms with van der Waals surface area (Å²) in [5.41, 5.74) is 7.68. The van der Waals surface area contributed by atoms with Gasteiger partial charge < -0.3 is 11.1 Å². The van der Waals surface area contributed by atoms with Gasteiger partial charge in [0, 0.05) is 23.0 Å². The molecule has 3 aromatic rings. The number of benzene rings is 2. The molecule has 4 nitrogen and oxygen atoms in total. The number of rotatable bonds is 7. The summed E-state index contributed by atoms with van der Waals surface area (Å²) in [7, 11) is 0. The molecule has 3 N–H and O–H groups in total. The van der Waals surface area contributed by atoms with Gasteiger partial charge >= 0.3 is 6.18 Å². The summed E-state index contributed by atoms with van der Waals surface area (Å²) >= 11 is 0. The van der Waals surface area contributed by atoms with Gasteiger partial charge in [-0.3, -0.25) is 4.79 Å². The van der Waals surface area contributed by atoms with Crippen LogP contribution in [0.5, 0.6) is 0 Å². The lowest BCUT2D eigenvalue weighted by Crippen LogP contribution is -2.16. The quantitative estimate of drug-likeness (QED) is 0.172. The lowest BCUT2D eigenvalue weighted by molar-refractivity contribution is -0.137. The van der Waals surface area contributed by atoms with Gasteiger partial charge in [0.05, 0.1) is 11.1 Å². The molecular formula is C33H33F4N3O. The molecule has 1 aromatic heterocycles. The van der Waals surface area contributed by atoms with Gasteiger partial charge in [0.1, 0.15) is 11.6 Å². The first kappa shape index (κ1) is 31.2. The van der Waals surface area contributed by atoms with Crippen LogP contribution in [-0.2, 0) is 12.6 Å². The Morgan fingerprint density at radius 3 is 2.49 bits per heavy atom. The topological polar surface area (TPSA) is 68.0 Å². The number of amides is 1. The molecule has 1 heterocycles. The highest BCUT2D eigenvalue weighted by Gasteiger charge is 2.31. The third-order valence-electron chi connectivity index (χ3n) is 6.59. The second-order valence-corrected chi connectivity index (χ2v) is 9.78. The molecule has 0 saturated heterocycles. The van der Waals surface area contributed by atoms with Crippen molar-refractivity contribution in [2.45, 2.75) is 53.6 Å². The zero-order valence-electron chi connectivity index (χ0n) is 23.7. The summed E-state index contributed by atoms with van der Waals surface area (Å²) in [6, 6.07) is 7.61. The Kier molecular flexibility index (Phi) is 10.1. The van der Waals surface area contributed by atoms with Crippen LogP contribution in [0.4, 0.5) is 29.1 Å². The van der Waals surface area contributed by atoms with Gasteiger partial charge in [-0.05, 0) is 84.8 Å². The maximum Gasteiger partial charge on any atom is 0.416 e. The number of nitrogen functional groups attached to an aromatic ring is 1. The fourth-order valence-corrected chi connectivity index (χ4v) is 4.07. The Labute approximate surface area is 238 Å². The summed E-state index contributed by atoms with van der Waals surface area (Å²) in [5, 5.41) is 2.46. The molecule has 0 aliphatic heterocycles. The Hall–Kier alpha value is -4.38. The average molecular weight is 564 g/mol. The highest BCUT2D eigenvalue weighted by atomic mass is 19.4. The first-order valence-electron chi connectivity index (χ1n) is 13.3. The number of aromatic nitrogens is 1. The molecule has 1 atom stereocenters. The maximum absolute atomic E-state index is 14.9. The summed E-state index contributed by atoms with van der Waals surface area (Å²) in [6.45, 7) is 9.31. The second-order valence-electron chi connectivity index (χ2n) is 9.78. The van der Waals surface area contributed by atoms with Crippen molar-refractivity contribution < 1.29 is 22.4 Å². The SMILES string of the molecule is C/C=C\C(=C/C(C)CC)c1cc(NC(=O)c2cc(C#Cc3cnc(N)c(CC)c3)c(C)cc2F)cc(C(F)(F)F)c1. The molecule has 8 heteroatoms. The van der Waals surface area contributed by atoms with E-state index in [2.05, 4.69) is 22.1 Å². The van der Waals surface area contributed by atoms with E-state index in [1.807, 2.05) is 32.9 Å². The molecule has 214 valence electrons. The molecular weight excluding hydrogens is 530 g/mol. The van der Waals surface area contributed by atoms with Crippen molar-refractivity contribution >= 4 is 23.0 Å². The monoisotopic (exact) mass is 563 g/mol. The predicted molar refractivity (Wildman–Crippen MR) is 157 cm³/mol. The molecule has 1 unspecified atom stereocenters. The number of anilines is 2. The first-order chi connectivity index (χ1) is 19.4. The van der Waals surface area contributed by atoms with E-state index in [1.165, 1.54) is 24.4 Å². The molecule has 3 rings (SSSR count). The van der Waals surface area contributed by atoms with E-state index in [0.717, 1.165) is 24.1 Å². The van der Waals surface area contributed by atoms with Crippen LogP contribution in [0.2, 0.25) is 0 Å². The standard InChI is InChI=1S/C33H33F4N3O/c1-6-9-25(12-20(4)7-2)26-15-27(33(35,36)37)18-28(16-26)40-32(41)29-17-24(21(5)13-30(29)34)11-10-22-14-23(8-3)31(38)39-19-22/h6,9,12-20H,7-8H2,1-5H3,(H2,38,39)(H,40,41)/b9-6-,25-12+. The number of allylic oxidation sites excluding steroid dienone is 4. The fourth-order valence-electron chi connectivity index (χ4n) is 4.07. The first-order valence-corrected chi connectivity index (χ1v) is 13.3. The van der Waals surface area contributed by atoms with Gasteiger partial charge in [0.2, 0.25) is 0 Å². The van der Waals surface area contributed by atoms with Crippen LogP contribution < -0.4 is 11.1 Å². The lowest BCUT2D eigenvalue weighted by atomic mass is 9.96. The van der Waals surface area contributed by atoms with E-state index in [-0.39, 0.29) is 22.7 Å². The van der Waals surface area contributed by atoms with Crippen LogP contribution in [0.3, 0.4) is 0 Å². The van der Waals surface area contributed by atoms with E-state index < -0.39 is 23.5 Å². The minimum absolute atomic E-state index is 0.105. The van der Waals surface area contributed by atoms with Gasteiger partial charge in [0.25, 0.3) is 5.91 Å². The Balaban J connectivity index is 2.02. The third kappa shape index (κ3) is 8.07. The summed E-state index contributed by atoms with van der Waals surface area (Å²) in [6.07, 6.45) is 3.69. The molecule has 41 heavy (non-hydrogen) atoms. The van der Waals surface area contributed by atoms with E-state index in [0.29, 0.717) is 34.5 Å². The fraction of sp³-hybridized carbons (Fsp3) is 0.273. The number of pyridine rings is 1. The zero-order valence-corrected chi connectivity index (χ0v) is 23.7. The number of alkyl halides is 3. The van der Waals surface area contributed by atoms with Crippen molar-refractivity contribution in [3.05, 3.63) is 106 Å². The predicted octanol–water partition coefficient (Wildman–Crippen LogP) is 8.35. The molecule has 0 saturated carbocycles. The van der Waals surface area contributed by atoms with Crippen LogP contribution in [0.15, 0.2) is 60.8 Å². The number of carbonyl (C=O) groups is 1. The van der Waals surface area contributed by atoms with E-state index in [9.17, 15) is 22.4 Å². The Bertz CT molecular complexity index is 1560. The Morgan fingerprint density at radius 1 is 1.12 bits per heavy atom. The number of halogens is 4.